The Balaban J connectivity index is 1.21. The van der Waals surface area contributed by atoms with Crippen LogP contribution in [0.3, 0.4) is 0 Å². The van der Waals surface area contributed by atoms with E-state index in [1.807, 2.05) is 29.2 Å². The Kier molecular flexibility index (Phi) is 7.09. The number of hydrogen-bond acceptors (Lipinski definition) is 11. The molecule has 1 amide bonds. The lowest BCUT2D eigenvalue weighted by Crippen LogP contribution is -2.48. The minimum atomic E-state index is -0.906. The Hall–Kier alpha value is -3.58. The van der Waals surface area contributed by atoms with E-state index in [-0.39, 0.29) is 11.9 Å². The zero-order valence-corrected chi connectivity index (χ0v) is 20.7. The van der Waals surface area contributed by atoms with E-state index in [9.17, 15) is 9.18 Å². The lowest BCUT2D eigenvalue weighted by Gasteiger charge is -2.37. The smallest absolute Gasteiger partial charge is 0.259 e. The third-order valence-electron chi connectivity index (χ3n) is 6.18. The molecule has 2 aliphatic rings. The van der Waals surface area contributed by atoms with Crippen LogP contribution in [-0.4, -0.2) is 78.9 Å². The molecule has 4 heterocycles. The number of alkyl halides is 1. The van der Waals surface area contributed by atoms with Gasteiger partial charge < -0.3 is 24.6 Å². The lowest BCUT2D eigenvalue weighted by atomic mass is 10.0. The maximum atomic E-state index is 13.4. The molecule has 11 nitrogen and oxygen atoms in total. The normalized spacial score (nSPS) is 18.6. The predicted octanol–water partition coefficient (Wildman–Crippen LogP) is 2.51. The predicted molar refractivity (Wildman–Crippen MR) is 135 cm³/mol. The van der Waals surface area contributed by atoms with Gasteiger partial charge in [0.15, 0.2) is 11.9 Å². The molecule has 0 spiro atoms. The molecule has 190 valence electrons. The summed E-state index contributed by atoms with van der Waals surface area (Å²) in [6, 6.07) is 9.35. The van der Waals surface area contributed by atoms with Gasteiger partial charge in [-0.2, -0.15) is 5.10 Å². The van der Waals surface area contributed by atoms with Crippen LogP contribution in [0.2, 0.25) is 0 Å². The van der Waals surface area contributed by atoms with Gasteiger partial charge in [-0.15, -0.1) is 15.3 Å². The van der Waals surface area contributed by atoms with Gasteiger partial charge in [0.2, 0.25) is 10.3 Å². The number of benzene rings is 1. The van der Waals surface area contributed by atoms with E-state index in [1.54, 1.807) is 19.4 Å². The molecule has 0 bridgehead atoms. The molecule has 2 fully saturated rings. The van der Waals surface area contributed by atoms with Crippen molar-refractivity contribution in [3.8, 4) is 5.75 Å². The highest BCUT2D eigenvalue weighted by Crippen LogP contribution is 2.33. The molecule has 0 radical (unpaired) electrons. The molecule has 2 saturated heterocycles. The van der Waals surface area contributed by atoms with Crippen LogP contribution in [0.25, 0.3) is 0 Å². The molecule has 13 heteroatoms. The Morgan fingerprint density at radius 2 is 1.97 bits per heavy atom. The average molecular weight is 515 g/mol. The Labute approximate surface area is 211 Å². The van der Waals surface area contributed by atoms with Gasteiger partial charge in [-0.1, -0.05) is 11.3 Å². The fraction of sp³-hybridized carbons (Fsp3) is 0.435. The molecule has 36 heavy (non-hydrogen) atoms. The number of halogens is 1. The summed E-state index contributed by atoms with van der Waals surface area (Å²) in [5, 5.41) is 23.5. The molecule has 2 aliphatic heterocycles. The third-order valence-corrected chi connectivity index (χ3v) is 6.95. The highest BCUT2D eigenvalue weighted by atomic mass is 32.1. The summed E-state index contributed by atoms with van der Waals surface area (Å²) in [6.07, 6.45) is 0.820. The summed E-state index contributed by atoms with van der Waals surface area (Å²) in [6.45, 7) is 2.26. The van der Waals surface area contributed by atoms with Gasteiger partial charge in [0.05, 0.1) is 20.2 Å². The Morgan fingerprint density at radius 1 is 1.14 bits per heavy atom. The van der Waals surface area contributed by atoms with Crippen LogP contribution in [0.1, 0.15) is 18.1 Å². The van der Waals surface area contributed by atoms with E-state index in [0.717, 1.165) is 31.0 Å². The molecule has 2 atom stereocenters. The monoisotopic (exact) mass is 514 g/mol. The lowest BCUT2D eigenvalue weighted by molar-refractivity contribution is -0.126. The summed E-state index contributed by atoms with van der Waals surface area (Å²) >= 11 is 1.25. The van der Waals surface area contributed by atoms with E-state index in [1.165, 1.54) is 18.4 Å². The van der Waals surface area contributed by atoms with Gasteiger partial charge in [0, 0.05) is 44.2 Å². The Morgan fingerprint density at radius 3 is 2.69 bits per heavy atom. The number of carbonyl (C=O) groups is 1. The molecule has 1 aromatic carbocycles. The van der Waals surface area contributed by atoms with Crippen molar-refractivity contribution >= 4 is 39.0 Å². The fourth-order valence-electron chi connectivity index (χ4n) is 4.31. The largest absolute Gasteiger partial charge is 0.497 e. The van der Waals surface area contributed by atoms with Crippen LogP contribution >= 0.6 is 11.3 Å². The quantitative estimate of drug-likeness (QED) is 0.441. The molecule has 2 N–H and O–H groups in total. The molecule has 0 saturated carbocycles. The first-order valence-corrected chi connectivity index (χ1v) is 12.4. The van der Waals surface area contributed by atoms with Crippen molar-refractivity contribution in [1.29, 1.82) is 0 Å². The van der Waals surface area contributed by atoms with Crippen LogP contribution in [0.15, 0.2) is 36.5 Å². The molecule has 3 aromatic rings. The van der Waals surface area contributed by atoms with Crippen molar-refractivity contribution < 1.29 is 18.7 Å². The van der Waals surface area contributed by atoms with Crippen molar-refractivity contribution in [1.82, 2.24) is 20.4 Å². The zero-order chi connectivity index (χ0) is 25.1. The summed E-state index contributed by atoms with van der Waals surface area (Å²) < 4.78 is 24.3. The molecular weight excluding hydrogens is 487 g/mol. The molecule has 0 unspecified atom stereocenters. The van der Waals surface area contributed by atoms with Crippen molar-refractivity contribution in [3.63, 3.8) is 0 Å². The van der Waals surface area contributed by atoms with Gasteiger partial charge in [0.1, 0.15) is 11.9 Å². The molecule has 5 rings (SSSR count). The second-order valence-corrected chi connectivity index (χ2v) is 9.62. The van der Waals surface area contributed by atoms with E-state index in [2.05, 4.69) is 35.9 Å². The highest BCUT2D eigenvalue weighted by Gasteiger charge is 2.29. The van der Waals surface area contributed by atoms with Crippen molar-refractivity contribution in [2.75, 3.05) is 60.8 Å². The van der Waals surface area contributed by atoms with Gasteiger partial charge in [-0.25, -0.2) is 4.39 Å². The summed E-state index contributed by atoms with van der Waals surface area (Å²) in [5.41, 5.74) is 1.38. The van der Waals surface area contributed by atoms with Crippen LogP contribution in [0.5, 0.6) is 5.75 Å². The maximum absolute atomic E-state index is 13.4. The van der Waals surface area contributed by atoms with Gasteiger partial charge >= 0.3 is 0 Å². The van der Waals surface area contributed by atoms with Crippen molar-refractivity contribution in [3.05, 3.63) is 42.1 Å². The second-order valence-electron chi connectivity index (χ2n) is 8.64. The number of hydrogen-bond donors (Lipinski definition) is 2. The van der Waals surface area contributed by atoms with Gasteiger partial charge in [-0.05, 0) is 36.2 Å². The number of aromatic nitrogens is 4. The minimum absolute atomic E-state index is 0.177. The number of methoxy groups -OCH3 is 2. The number of rotatable bonds is 9. The average Bonchev–Trinajstić information content (AvgIpc) is 3.52. The van der Waals surface area contributed by atoms with Crippen LogP contribution < -0.4 is 25.2 Å². The first kappa shape index (κ1) is 24.1. The molecule has 0 aliphatic carbocycles. The van der Waals surface area contributed by atoms with E-state index < -0.39 is 12.3 Å². The van der Waals surface area contributed by atoms with Crippen molar-refractivity contribution in [2.45, 2.75) is 24.7 Å². The summed E-state index contributed by atoms with van der Waals surface area (Å²) in [4.78, 5) is 17.1. The van der Waals surface area contributed by atoms with Crippen molar-refractivity contribution in [2.24, 2.45) is 0 Å². The van der Waals surface area contributed by atoms with E-state index in [4.69, 9.17) is 9.47 Å². The van der Waals surface area contributed by atoms with E-state index >= 15 is 0 Å². The second kappa shape index (κ2) is 10.6. The minimum Gasteiger partial charge on any atom is -0.497 e. The number of ether oxygens (including phenoxy) is 2. The number of anilines is 4. The SMILES string of the molecule is COc1cc([C@H](OC)C(=O)Nc2nnc(N[C@@H]3CCN(c4cccnn4)C3)s2)cc(N2CC(F)C2)c1. The van der Waals surface area contributed by atoms with Crippen LogP contribution in [0, 0.1) is 0 Å². The van der Waals surface area contributed by atoms with Gasteiger partial charge in [0.25, 0.3) is 5.91 Å². The molecular formula is C23H27FN8O3S. The highest BCUT2D eigenvalue weighted by molar-refractivity contribution is 7.19. The third kappa shape index (κ3) is 5.31. The summed E-state index contributed by atoms with van der Waals surface area (Å²) in [5.74, 6) is 1.02. The standard InChI is InChI=1S/C23H27FN8O3S/c1-34-18-9-14(8-17(10-18)32-11-15(24)12-32)20(35-2)21(33)27-23-30-29-22(36-23)26-16-5-7-31(13-16)19-4-3-6-25-28-19/h3-4,6,8-10,15-16,20H,5,7,11-13H2,1-2H3,(H,26,29)(H,27,30,33)/t16-,20+/m1/s1. The van der Waals surface area contributed by atoms with Gasteiger partial charge in [-0.3, -0.25) is 10.1 Å². The van der Waals surface area contributed by atoms with E-state index in [0.29, 0.717) is 34.7 Å². The number of nitrogens with zero attached hydrogens (tertiary/aromatic N) is 6. The summed E-state index contributed by atoms with van der Waals surface area (Å²) in [7, 11) is 3.01. The first-order chi connectivity index (χ1) is 17.5. The van der Waals surface area contributed by atoms with Crippen LogP contribution in [-0.2, 0) is 9.53 Å². The maximum Gasteiger partial charge on any atom is 0.259 e. The topological polar surface area (TPSA) is 118 Å². The molecule has 2 aromatic heterocycles. The first-order valence-electron chi connectivity index (χ1n) is 11.6. The fourth-order valence-corrected chi connectivity index (χ4v) is 5.04. The zero-order valence-electron chi connectivity index (χ0n) is 19.9. The van der Waals surface area contributed by atoms with Crippen LogP contribution in [0.4, 0.5) is 26.2 Å². The number of carbonyl (C=O) groups excluding carboxylic acids is 1. The number of nitrogens with one attached hydrogen (secondary N) is 2. The Bertz CT molecular complexity index is 1190. The number of amides is 1.